The molecule has 0 spiro atoms. The number of amides is 1. The number of carbonyl (C=O) groups excluding carboxylic acids is 1. The minimum atomic E-state index is -0.0435. The lowest BCUT2D eigenvalue weighted by molar-refractivity contribution is -0.119. The van der Waals surface area contributed by atoms with Crippen LogP contribution < -0.4 is 5.32 Å². The Morgan fingerprint density at radius 3 is 2.45 bits per heavy atom. The normalized spacial score (nSPS) is 11.9. The highest BCUT2D eigenvalue weighted by atomic mass is 32.2. The molecule has 146 valence electrons. The Hall–Kier alpha value is -2.90. The Kier molecular flexibility index (Phi) is 6.07. The molecule has 2 aromatic carbocycles. The number of benzene rings is 2. The quantitative estimate of drug-likeness (QED) is 0.429. The predicted octanol–water partition coefficient (Wildman–Crippen LogP) is 4.97. The summed E-state index contributed by atoms with van der Waals surface area (Å²) in [6.45, 7) is 1.99. The number of para-hydroxylation sites is 1. The van der Waals surface area contributed by atoms with Gasteiger partial charge in [0.15, 0.2) is 11.0 Å². The van der Waals surface area contributed by atoms with Crippen LogP contribution in [0.1, 0.15) is 18.5 Å². The van der Waals surface area contributed by atoms with Crippen molar-refractivity contribution in [2.24, 2.45) is 0 Å². The van der Waals surface area contributed by atoms with Crippen molar-refractivity contribution < 1.29 is 4.79 Å². The first-order valence-corrected chi connectivity index (χ1v) is 11.1. The maximum atomic E-state index is 12.5. The van der Waals surface area contributed by atoms with E-state index >= 15 is 0 Å². The van der Waals surface area contributed by atoms with Crippen LogP contribution in [0.3, 0.4) is 0 Å². The third-order valence-corrected chi connectivity index (χ3v) is 6.19. The predicted molar refractivity (Wildman–Crippen MR) is 118 cm³/mol. The van der Waals surface area contributed by atoms with Gasteiger partial charge in [-0.05, 0) is 36.1 Å². The summed E-state index contributed by atoms with van der Waals surface area (Å²) >= 11 is 3.00. The zero-order valence-corrected chi connectivity index (χ0v) is 17.5. The summed E-state index contributed by atoms with van der Waals surface area (Å²) in [6.07, 6.45) is 0. The molecule has 0 saturated heterocycles. The molecule has 5 nitrogen and oxygen atoms in total. The molecule has 2 heterocycles. The molecule has 7 heteroatoms. The van der Waals surface area contributed by atoms with Crippen LogP contribution in [0.5, 0.6) is 0 Å². The summed E-state index contributed by atoms with van der Waals surface area (Å²) < 4.78 is 2.00. The Labute approximate surface area is 177 Å². The van der Waals surface area contributed by atoms with Crippen LogP contribution in [0, 0.1) is 0 Å². The average Bonchev–Trinajstić information content (AvgIpc) is 3.43. The Bertz CT molecular complexity index is 1060. The van der Waals surface area contributed by atoms with Crippen molar-refractivity contribution in [1.29, 1.82) is 0 Å². The van der Waals surface area contributed by atoms with Crippen molar-refractivity contribution in [3.05, 3.63) is 83.7 Å². The fraction of sp³-hybridized carbons (Fsp3) is 0.136. The average molecular weight is 421 g/mol. The fourth-order valence-corrected chi connectivity index (χ4v) is 4.44. The molecule has 29 heavy (non-hydrogen) atoms. The molecule has 0 aliphatic heterocycles. The Morgan fingerprint density at radius 1 is 1.03 bits per heavy atom. The third-order valence-electron chi connectivity index (χ3n) is 4.40. The first-order valence-electron chi connectivity index (χ1n) is 9.24. The SMILES string of the molecule is C[C@H](NC(=O)CSc1nnc(-c2cccs2)n1-c1ccccc1)c1ccccc1. The number of aromatic nitrogens is 3. The molecule has 1 atom stereocenters. The number of nitrogens with one attached hydrogen (secondary N) is 1. The molecule has 0 fully saturated rings. The monoisotopic (exact) mass is 420 g/mol. The van der Waals surface area contributed by atoms with E-state index in [4.69, 9.17) is 0 Å². The van der Waals surface area contributed by atoms with Crippen LogP contribution in [0.25, 0.3) is 16.4 Å². The minimum Gasteiger partial charge on any atom is -0.349 e. The van der Waals surface area contributed by atoms with Crippen molar-refractivity contribution in [3.8, 4) is 16.4 Å². The third kappa shape index (κ3) is 4.58. The van der Waals surface area contributed by atoms with Crippen LogP contribution >= 0.6 is 23.1 Å². The fourth-order valence-electron chi connectivity index (χ4n) is 2.98. The van der Waals surface area contributed by atoms with Gasteiger partial charge in [-0.3, -0.25) is 9.36 Å². The van der Waals surface area contributed by atoms with E-state index in [1.54, 1.807) is 11.3 Å². The lowest BCUT2D eigenvalue weighted by Gasteiger charge is -2.14. The van der Waals surface area contributed by atoms with Gasteiger partial charge in [0.05, 0.1) is 16.7 Å². The second-order valence-corrected chi connectivity index (χ2v) is 8.33. The first-order chi connectivity index (χ1) is 14.2. The van der Waals surface area contributed by atoms with E-state index in [9.17, 15) is 4.79 Å². The number of carbonyl (C=O) groups is 1. The van der Waals surface area contributed by atoms with Gasteiger partial charge in [0.1, 0.15) is 0 Å². The largest absolute Gasteiger partial charge is 0.349 e. The number of hydrogen-bond donors (Lipinski definition) is 1. The van der Waals surface area contributed by atoms with E-state index in [-0.39, 0.29) is 17.7 Å². The highest BCUT2D eigenvalue weighted by Crippen LogP contribution is 2.30. The van der Waals surface area contributed by atoms with Gasteiger partial charge in [0, 0.05) is 5.69 Å². The van der Waals surface area contributed by atoms with E-state index in [0.29, 0.717) is 5.16 Å². The molecule has 1 amide bonds. The molecular formula is C22H20N4OS2. The zero-order chi connectivity index (χ0) is 20.1. The minimum absolute atomic E-state index is 0.0355. The lowest BCUT2D eigenvalue weighted by atomic mass is 10.1. The second-order valence-electron chi connectivity index (χ2n) is 6.44. The summed E-state index contributed by atoms with van der Waals surface area (Å²) in [5.41, 5.74) is 2.06. The van der Waals surface area contributed by atoms with Crippen molar-refractivity contribution in [3.63, 3.8) is 0 Å². The second kappa shape index (κ2) is 9.07. The van der Waals surface area contributed by atoms with Gasteiger partial charge in [0.2, 0.25) is 5.91 Å². The summed E-state index contributed by atoms with van der Waals surface area (Å²) in [6, 6.07) is 23.9. The molecular weight excluding hydrogens is 400 g/mol. The van der Waals surface area contributed by atoms with E-state index in [0.717, 1.165) is 22.0 Å². The summed E-state index contributed by atoms with van der Waals surface area (Å²) in [4.78, 5) is 13.5. The molecule has 0 bridgehead atoms. The number of thiophene rings is 1. The molecule has 0 radical (unpaired) electrons. The van der Waals surface area contributed by atoms with Crippen molar-refractivity contribution in [2.45, 2.75) is 18.1 Å². The molecule has 4 aromatic rings. The van der Waals surface area contributed by atoms with Gasteiger partial charge >= 0.3 is 0 Å². The van der Waals surface area contributed by atoms with Gasteiger partial charge in [-0.25, -0.2) is 0 Å². The van der Waals surface area contributed by atoms with Gasteiger partial charge in [0.25, 0.3) is 0 Å². The maximum absolute atomic E-state index is 12.5. The van der Waals surface area contributed by atoms with E-state index in [2.05, 4.69) is 15.5 Å². The number of nitrogens with zero attached hydrogens (tertiary/aromatic N) is 3. The zero-order valence-electron chi connectivity index (χ0n) is 15.9. The number of thioether (sulfide) groups is 1. The number of hydrogen-bond acceptors (Lipinski definition) is 5. The molecule has 0 unspecified atom stereocenters. The topological polar surface area (TPSA) is 59.8 Å². The highest BCUT2D eigenvalue weighted by molar-refractivity contribution is 7.99. The van der Waals surface area contributed by atoms with Gasteiger partial charge < -0.3 is 5.32 Å². The number of rotatable bonds is 7. The van der Waals surface area contributed by atoms with Crippen molar-refractivity contribution >= 4 is 29.0 Å². The molecule has 1 N–H and O–H groups in total. The summed E-state index contributed by atoms with van der Waals surface area (Å²) in [5, 5.41) is 14.5. The Morgan fingerprint density at radius 2 is 1.76 bits per heavy atom. The van der Waals surface area contributed by atoms with Crippen LogP contribution in [-0.2, 0) is 4.79 Å². The molecule has 0 aliphatic carbocycles. The Balaban J connectivity index is 1.51. The summed E-state index contributed by atoms with van der Waals surface area (Å²) in [7, 11) is 0. The van der Waals surface area contributed by atoms with E-state index in [1.807, 2.05) is 89.7 Å². The molecule has 0 saturated carbocycles. The van der Waals surface area contributed by atoms with Crippen LogP contribution in [0.4, 0.5) is 0 Å². The molecule has 0 aliphatic rings. The smallest absolute Gasteiger partial charge is 0.230 e. The van der Waals surface area contributed by atoms with Crippen molar-refractivity contribution in [1.82, 2.24) is 20.1 Å². The molecule has 4 rings (SSSR count). The van der Waals surface area contributed by atoms with Gasteiger partial charge in [-0.1, -0.05) is 66.4 Å². The van der Waals surface area contributed by atoms with E-state index in [1.165, 1.54) is 11.8 Å². The lowest BCUT2D eigenvalue weighted by Crippen LogP contribution is -2.28. The van der Waals surface area contributed by atoms with E-state index < -0.39 is 0 Å². The van der Waals surface area contributed by atoms with Crippen LogP contribution in [0.15, 0.2) is 83.3 Å². The van der Waals surface area contributed by atoms with Gasteiger partial charge in [-0.2, -0.15) is 0 Å². The first kappa shape index (κ1) is 19.4. The maximum Gasteiger partial charge on any atom is 0.230 e. The standard InChI is InChI=1S/C22H20N4OS2/c1-16(17-9-4-2-5-10-17)23-20(27)15-29-22-25-24-21(19-13-8-14-28-19)26(22)18-11-6-3-7-12-18/h2-14,16H,15H2,1H3,(H,23,27)/t16-/m0/s1. The van der Waals surface area contributed by atoms with Crippen LogP contribution in [0.2, 0.25) is 0 Å². The van der Waals surface area contributed by atoms with Gasteiger partial charge in [-0.15, -0.1) is 21.5 Å². The summed E-state index contributed by atoms with van der Waals surface area (Å²) in [5.74, 6) is 1.02. The van der Waals surface area contributed by atoms with Crippen LogP contribution in [-0.4, -0.2) is 26.4 Å². The highest BCUT2D eigenvalue weighted by Gasteiger charge is 2.18. The molecule has 2 aromatic heterocycles. The van der Waals surface area contributed by atoms with Crippen molar-refractivity contribution in [2.75, 3.05) is 5.75 Å².